The van der Waals surface area contributed by atoms with E-state index >= 15 is 0 Å². The van der Waals surface area contributed by atoms with Crippen LogP contribution in [0.4, 0.5) is 5.69 Å². The predicted molar refractivity (Wildman–Crippen MR) is 111 cm³/mol. The van der Waals surface area contributed by atoms with Crippen molar-refractivity contribution in [1.82, 2.24) is 5.32 Å². The zero-order valence-corrected chi connectivity index (χ0v) is 15.4. The summed E-state index contributed by atoms with van der Waals surface area (Å²) < 4.78 is 0. The van der Waals surface area contributed by atoms with Crippen LogP contribution < -0.4 is 22.1 Å². The normalized spacial score (nSPS) is 17.6. The van der Waals surface area contributed by atoms with Gasteiger partial charge in [0.15, 0.2) is 0 Å². The van der Waals surface area contributed by atoms with Gasteiger partial charge < -0.3 is 22.1 Å². The van der Waals surface area contributed by atoms with Gasteiger partial charge in [0.2, 0.25) is 0 Å². The van der Waals surface area contributed by atoms with Gasteiger partial charge in [0.25, 0.3) is 0 Å². The van der Waals surface area contributed by atoms with Gasteiger partial charge in [-0.1, -0.05) is 36.4 Å². The first kappa shape index (κ1) is 17.9. The molecule has 1 aromatic rings. The molecule has 4 nitrogen and oxygen atoms in total. The molecule has 1 aromatic carbocycles. The summed E-state index contributed by atoms with van der Waals surface area (Å²) in [6.45, 7) is 7.12. The molecule has 1 saturated carbocycles. The van der Waals surface area contributed by atoms with E-state index in [1.165, 1.54) is 24.0 Å². The van der Waals surface area contributed by atoms with Crippen molar-refractivity contribution in [3.63, 3.8) is 0 Å². The topological polar surface area (TPSA) is 76.1 Å². The average Bonchev–Trinajstić information content (AvgIpc) is 3.40. The molecule has 0 amide bonds. The Bertz CT molecular complexity index is 807. The molecule has 0 aromatic heterocycles. The Morgan fingerprint density at radius 2 is 2.04 bits per heavy atom. The monoisotopic (exact) mass is 348 g/mol. The van der Waals surface area contributed by atoms with E-state index in [0.717, 1.165) is 35.6 Å². The fourth-order valence-corrected chi connectivity index (χ4v) is 2.91. The minimum atomic E-state index is 0.547. The van der Waals surface area contributed by atoms with E-state index in [1.54, 1.807) is 0 Å². The van der Waals surface area contributed by atoms with Gasteiger partial charge in [-0.2, -0.15) is 0 Å². The SMILES string of the molecule is C=C(NCC1=CC=C(C)C1)c1cccc(N/C(N)=C/C=C(\N)C2CC2)c1. The quantitative estimate of drug-likeness (QED) is 0.536. The molecule has 0 aliphatic heterocycles. The minimum Gasteiger partial charge on any atom is -0.402 e. The molecule has 4 heteroatoms. The van der Waals surface area contributed by atoms with Gasteiger partial charge in [-0.05, 0) is 67.5 Å². The van der Waals surface area contributed by atoms with Crippen LogP contribution in [0.5, 0.6) is 0 Å². The molecule has 0 atom stereocenters. The number of hydrogen-bond acceptors (Lipinski definition) is 4. The van der Waals surface area contributed by atoms with Crippen molar-refractivity contribution >= 4 is 11.4 Å². The lowest BCUT2D eigenvalue weighted by atomic mass is 10.1. The maximum Gasteiger partial charge on any atom is 0.100 e. The molecule has 0 heterocycles. The molecular weight excluding hydrogens is 320 g/mol. The Balaban J connectivity index is 1.56. The van der Waals surface area contributed by atoms with Crippen molar-refractivity contribution in [2.24, 2.45) is 17.4 Å². The standard InChI is InChI=1S/C22H28N4/c1-15-6-7-17(12-15)14-25-16(2)19-4-3-5-20(13-19)26-22(24)11-10-21(23)18-8-9-18/h3-7,10-11,13,18,25-26H,2,8-9,12,14,23-24H2,1H3/b21-10-,22-11+. The zero-order valence-electron chi connectivity index (χ0n) is 15.4. The first-order valence-corrected chi connectivity index (χ1v) is 9.09. The second-order valence-electron chi connectivity index (χ2n) is 7.12. The molecule has 2 aliphatic rings. The van der Waals surface area contributed by atoms with Crippen LogP contribution in [-0.2, 0) is 0 Å². The van der Waals surface area contributed by atoms with Crippen LogP contribution in [0.25, 0.3) is 5.70 Å². The molecule has 136 valence electrons. The fourth-order valence-electron chi connectivity index (χ4n) is 2.91. The Hall–Kier alpha value is -2.88. The summed E-state index contributed by atoms with van der Waals surface area (Å²) in [7, 11) is 0. The third-order valence-electron chi connectivity index (χ3n) is 4.64. The molecule has 1 fully saturated rings. The molecular formula is C22H28N4. The van der Waals surface area contributed by atoms with Crippen LogP contribution in [0.2, 0.25) is 0 Å². The Labute approximate surface area is 156 Å². The van der Waals surface area contributed by atoms with Crippen LogP contribution in [0.15, 0.2) is 77.8 Å². The number of nitrogens with one attached hydrogen (secondary N) is 2. The lowest BCUT2D eigenvalue weighted by molar-refractivity contribution is 0.925. The van der Waals surface area contributed by atoms with E-state index in [4.69, 9.17) is 11.5 Å². The Morgan fingerprint density at radius 1 is 1.23 bits per heavy atom. The van der Waals surface area contributed by atoms with Crippen molar-refractivity contribution < 1.29 is 0 Å². The maximum absolute atomic E-state index is 6.05. The molecule has 0 saturated heterocycles. The number of benzene rings is 1. The first-order valence-electron chi connectivity index (χ1n) is 9.09. The van der Waals surface area contributed by atoms with E-state index in [0.29, 0.717) is 11.7 Å². The predicted octanol–water partition coefficient (Wildman–Crippen LogP) is 3.99. The van der Waals surface area contributed by atoms with Gasteiger partial charge in [-0.25, -0.2) is 0 Å². The second kappa shape index (κ2) is 8.00. The van der Waals surface area contributed by atoms with Crippen LogP contribution in [0.1, 0.15) is 31.7 Å². The lowest BCUT2D eigenvalue weighted by Gasteiger charge is -2.13. The highest BCUT2D eigenvalue weighted by atomic mass is 15.0. The number of hydrogen-bond donors (Lipinski definition) is 4. The van der Waals surface area contributed by atoms with Crippen molar-refractivity contribution in [3.8, 4) is 0 Å². The van der Waals surface area contributed by atoms with Gasteiger partial charge in [0, 0.05) is 23.6 Å². The van der Waals surface area contributed by atoms with Crippen LogP contribution in [0.3, 0.4) is 0 Å². The highest BCUT2D eigenvalue weighted by Crippen LogP contribution is 2.33. The van der Waals surface area contributed by atoms with E-state index in [2.05, 4.69) is 36.3 Å². The van der Waals surface area contributed by atoms with Crippen molar-refractivity contribution in [1.29, 1.82) is 0 Å². The number of anilines is 1. The van der Waals surface area contributed by atoms with Crippen LogP contribution in [0, 0.1) is 5.92 Å². The molecule has 0 radical (unpaired) electrons. The largest absolute Gasteiger partial charge is 0.402 e. The van der Waals surface area contributed by atoms with Crippen molar-refractivity contribution in [3.05, 3.63) is 83.4 Å². The highest BCUT2D eigenvalue weighted by molar-refractivity contribution is 5.66. The van der Waals surface area contributed by atoms with Crippen molar-refractivity contribution in [2.45, 2.75) is 26.2 Å². The summed E-state index contributed by atoms with van der Waals surface area (Å²) >= 11 is 0. The van der Waals surface area contributed by atoms with Gasteiger partial charge in [-0.15, -0.1) is 0 Å². The number of allylic oxidation sites excluding steroid dienone is 6. The summed E-state index contributed by atoms with van der Waals surface area (Å²) in [5, 5.41) is 6.61. The first-order chi connectivity index (χ1) is 12.5. The highest BCUT2D eigenvalue weighted by Gasteiger charge is 2.23. The molecule has 26 heavy (non-hydrogen) atoms. The van der Waals surface area contributed by atoms with E-state index in [9.17, 15) is 0 Å². The van der Waals surface area contributed by atoms with E-state index in [-0.39, 0.29) is 0 Å². The maximum atomic E-state index is 6.05. The van der Waals surface area contributed by atoms with Gasteiger partial charge in [0.05, 0.1) is 0 Å². The zero-order chi connectivity index (χ0) is 18.5. The van der Waals surface area contributed by atoms with Crippen LogP contribution in [-0.4, -0.2) is 6.54 Å². The Kier molecular flexibility index (Phi) is 5.52. The summed E-state index contributed by atoms with van der Waals surface area (Å²) in [4.78, 5) is 0. The fraction of sp³-hybridized carbons (Fsp3) is 0.273. The van der Waals surface area contributed by atoms with Gasteiger partial charge in [0.1, 0.15) is 5.82 Å². The lowest BCUT2D eigenvalue weighted by Crippen LogP contribution is -2.15. The third kappa shape index (κ3) is 5.06. The Morgan fingerprint density at radius 3 is 2.73 bits per heavy atom. The third-order valence-corrected chi connectivity index (χ3v) is 4.64. The second-order valence-corrected chi connectivity index (χ2v) is 7.12. The molecule has 0 bridgehead atoms. The molecule has 0 spiro atoms. The minimum absolute atomic E-state index is 0.547. The average molecular weight is 348 g/mol. The van der Waals surface area contributed by atoms with Crippen molar-refractivity contribution in [2.75, 3.05) is 11.9 Å². The molecule has 2 aliphatic carbocycles. The molecule has 3 rings (SSSR count). The summed E-state index contributed by atoms with van der Waals surface area (Å²) in [6.07, 6.45) is 11.5. The summed E-state index contributed by atoms with van der Waals surface area (Å²) in [5.41, 5.74) is 18.6. The molecule has 0 unspecified atom stereocenters. The smallest absolute Gasteiger partial charge is 0.100 e. The van der Waals surface area contributed by atoms with Gasteiger partial charge >= 0.3 is 0 Å². The van der Waals surface area contributed by atoms with E-state index < -0.39 is 0 Å². The molecule has 6 N–H and O–H groups in total. The van der Waals surface area contributed by atoms with E-state index in [1.807, 2.05) is 36.4 Å². The van der Waals surface area contributed by atoms with Crippen LogP contribution >= 0.6 is 0 Å². The number of rotatable bonds is 8. The summed E-state index contributed by atoms with van der Waals surface area (Å²) in [6, 6.07) is 8.05. The summed E-state index contributed by atoms with van der Waals surface area (Å²) in [5.74, 6) is 1.12. The number of nitrogens with two attached hydrogens (primary N) is 2. The van der Waals surface area contributed by atoms with Gasteiger partial charge in [-0.3, -0.25) is 0 Å².